The van der Waals surface area contributed by atoms with Crippen molar-refractivity contribution in [3.05, 3.63) is 188 Å². The van der Waals surface area contributed by atoms with Gasteiger partial charge in [-0.1, -0.05) is 244 Å². The van der Waals surface area contributed by atoms with Crippen molar-refractivity contribution in [2.24, 2.45) is 5.92 Å². The van der Waals surface area contributed by atoms with Crippen LogP contribution in [0.4, 0.5) is 13.2 Å². The van der Waals surface area contributed by atoms with Gasteiger partial charge in [0.2, 0.25) is 0 Å². The first-order chi connectivity index (χ1) is 52.2. The van der Waals surface area contributed by atoms with E-state index >= 15 is 0 Å². The second-order valence-corrected chi connectivity index (χ2v) is 52.8. The molecule has 0 amide bonds. The number of benzene rings is 6. The fourth-order valence-corrected chi connectivity index (χ4v) is 30.0. The Hall–Kier alpha value is -5.02. The Morgan fingerprint density at radius 1 is 0.550 bits per heavy atom. The van der Waals surface area contributed by atoms with Gasteiger partial charge in [0.1, 0.15) is 11.5 Å². The predicted molar refractivity (Wildman–Crippen MR) is 466 cm³/mol. The summed E-state index contributed by atoms with van der Waals surface area (Å²) in [6.07, 6.45) is 10.8. The molecule has 2 saturated heterocycles. The third-order valence-electron chi connectivity index (χ3n) is 23.9. The van der Waals surface area contributed by atoms with Gasteiger partial charge < -0.3 is 36.1 Å². The molecule has 2 heterocycles. The number of methoxy groups -OCH3 is 1. The molecule has 7 atom stereocenters. The molecule has 0 saturated carbocycles. The molecule has 6 aromatic carbocycles. The minimum absolute atomic E-state index is 0.103. The molecule has 2 aliphatic heterocycles. The molecule has 0 unspecified atom stereocenters. The SMILES string of the molecule is C=C(OS(=O)(=O)C(F)(F)F)[C@H](C)C[C@@H](CC[C@@H]1O[C@@H](CCCO[Si](CC)(CC)CC)CC1=C)O[Si](CC)(CC)CC.C=C=C(C)C[C@@H](CC[C@@H]1O[C@@H](CCCO[Si](CC)(CC)CC)CC1=C)O[Si](CC)(CC)CC.COc1ccc2ccccc2c1-c1c(P(c2ccccc2)c2ccccc2)ccc2ccccc12. The number of ether oxygens (including phenoxy) is 3. The molecule has 19 heteroatoms. The van der Waals surface area contributed by atoms with Crippen LogP contribution >= 0.6 is 7.92 Å². The van der Waals surface area contributed by atoms with Crippen molar-refractivity contribution in [3.63, 3.8) is 0 Å². The number of hydrogen-bond donors (Lipinski definition) is 0. The number of fused-ring (bicyclic) bond motifs is 2. The molecule has 0 aromatic heterocycles. The van der Waals surface area contributed by atoms with Crippen LogP contribution in [0.25, 0.3) is 32.7 Å². The molecule has 0 radical (unpaired) electrons. The van der Waals surface area contributed by atoms with Crippen LogP contribution in [0.3, 0.4) is 0 Å². The van der Waals surface area contributed by atoms with Crippen LogP contribution in [0.1, 0.15) is 174 Å². The highest BCUT2D eigenvalue weighted by Gasteiger charge is 2.49. The molecule has 2 fully saturated rings. The fraction of sp³-hybridized carbons (Fsp3) is 0.544. The first kappa shape index (κ1) is 92.8. The van der Waals surface area contributed by atoms with Crippen LogP contribution in [0.2, 0.25) is 72.5 Å². The summed E-state index contributed by atoms with van der Waals surface area (Å²) in [5.41, 5.74) is 3.51. The average molecular weight is 1610 g/mol. The number of hydrogen-bond acceptors (Lipinski definition) is 10. The van der Waals surface area contributed by atoms with Crippen LogP contribution in [-0.2, 0) is 41.5 Å². The molecular weight excluding hydrogens is 1470 g/mol. The molecule has 2 aliphatic rings. The third-order valence-corrected chi connectivity index (χ3v) is 46.1. The van der Waals surface area contributed by atoms with E-state index in [4.69, 9.17) is 31.9 Å². The Bertz CT molecular complexity index is 3860. The van der Waals surface area contributed by atoms with Crippen molar-refractivity contribution in [2.45, 2.75) is 289 Å². The summed E-state index contributed by atoms with van der Waals surface area (Å²) in [5, 5.41) is 8.92. The molecule has 602 valence electrons. The molecular formula is C90H134F3O10PSSi4. The van der Waals surface area contributed by atoms with E-state index in [9.17, 15) is 21.6 Å². The van der Waals surface area contributed by atoms with Crippen molar-refractivity contribution < 1.29 is 57.7 Å². The highest BCUT2D eigenvalue weighted by Crippen LogP contribution is 2.46. The summed E-state index contributed by atoms with van der Waals surface area (Å²) in [6.45, 7) is 48.2. The van der Waals surface area contributed by atoms with Crippen LogP contribution in [-0.4, -0.2) is 104 Å². The monoisotopic (exact) mass is 1610 g/mol. The lowest BCUT2D eigenvalue weighted by molar-refractivity contribution is -0.0527. The third kappa shape index (κ3) is 26.0. The van der Waals surface area contributed by atoms with Crippen molar-refractivity contribution in [2.75, 3.05) is 20.3 Å². The van der Waals surface area contributed by atoms with Gasteiger partial charge in [-0.3, -0.25) is 0 Å². The maximum atomic E-state index is 12.8. The molecule has 0 bridgehead atoms. The lowest BCUT2D eigenvalue weighted by atomic mass is 9.93. The van der Waals surface area contributed by atoms with Crippen molar-refractivity contribution in [1.29, 1.82) is 0 Å². The topological polar surface area (TPSA) is 108 Å². The smallest absolute Gasteiger partial charge is 0.496 e. The van der Waals surface area contributed by atoms with Gasteiger partial charge in [0.25, 0.3) is 0 Å². The van der Waals surface area contributed by atoms with E-state index in [2.05, 4.69) is 260 Å². The second kappa shape index (κ2) is 45.2. The molecule has 10 nitrogen and oxygen atoms in total. The Morgan fingerprint density at radius 2 is 0.945 bits per heavy atom. The van der Waals surface area contributed by atoms with Gasteiger partial charge in [-0.2, -0.15) is 21.6 Å². The van der Waals surface area contributed by atoms with E-state index in [1.807, 2.05) is 0 Å². The predicted octanol–water partition coefficient (Wildman–Crippen LogP) is 25.3. The lowest BCUT2D eigenvalue weighted by Crippen LogP contribution is -2.41. The zero-order valence-corrected chi connectivity index (χ0v) is 74.7. The average Bonchev–Trinajstić information content (AvgIpc) is 1.05. The van der Waals surface area contributed by atoms with Gasteiger partial charge in [-0.15, -0.1) is 5.73 Å². The number of allylic oxidation sites excluding steroid dienone is 1. The summed E-state index contributed by atoms with van der Waals surface area (Å²) in [6, 6.07) is 61.4. The molecule has 109 heavy (non-hydrogen) atoms. The highest BCUT2D eigenvalue weighted by atomic mass is 32.2. The summed E-state index contributed by atoms with van der Waals surface area (Å²) >= 11 is 0. The van der Waals surface area contributed by atoms with Gasteiger partial charge in [0.15, 0.2) is 33.3 Å². The van der Waals surface area contributed by atoms with E-state index in [1.165, 1.54) is 90.4 Å². The van der Waals surface area contributed by atoms with Gasteiger partial charge in [-0.25, -0.2) is 0 Å². The Labute approximate surface area is 661 Å². The Kier molecular flexibility index (Phi) is 38.5. The largest absolute Gasteiger partial charge is 0.534 e. The van der Waals surface area contributed by atoms with Crippen molar-refractivity contribution in [3.8, 4) is 16.9 Å². The lowest BCUT2D eigenvalue weighted by Gasteiger charge is -2.35. The van der Waals surface area contributed by atoms with Crippen LogP contribution in [0, 0.1) is 5.92 Å². The maximum absolute atomic E-state index is 12.8. The molecule has 0 N–H and O–H groups in total. The van der Waals surface area contributed by atoms with E-state index in [0.29, 0.717) is 25.4 Å². The summed E-state index contributed by atoms with van der Waals surface area (Å²) in [5.74, 6) is -0.185. The Balaban J connectivity index is 0.000000257. The summed E-state index contributed by atoms with van der Waals surface area (Å²) in [4.78, 5) is 0. The van der Waals surface area contributed by atoms with Gasteiger partial charge in [0.05, 0.1) is 31.5 Å². The number of halogens is 3. The number of alkyl halides is 3. The molecule has 0 spiro atoms. The van der Waals surface area contributed by atoms with E-state index in [1.54, 1.807) is 14.0 Å². The summed E-state index contributed by atoms with van der Waals surface area (Å²) in [7, 11) is -11.6. The quantitative estimate of drug-likeness (QED) is 0.00536. The van der Waals surface area contributed by atoms with Crippen molar-refractivity contribution in [1.82, 2.24) is 0 Å². The minimum Gasteiger partial charge on any atom is -0.496 e. The minimum atomic E-state index is -5.76. The van der Waals surface area contributed by atoms with Gasteiger partial charge in [0, 0.05) is 48.9 Å². The molecule has 6 aromatic rings. The van der Waals surface area contributed by atoms with Crippen LogP contribution in [0.15, 0.2) is 188 Å². The van der Waals surface area contributed by atoms with E-state index < -0.39 is 68.5 Å². The normalized spacial score (nSPS) is 17.3. The van der Waals surface area contributed by atoms with Crippen molar-refractivity contribution >= 4 is 88.8 Å². The molecule has 8 rings (SSSR count). The first-order valence-electron chi connectivity index (χ1n) is 41.0. The zero-order valence-electron chi connectivity index (χ0n) is 69.0. The fourth-order valence-electron chi connectivity index (χ4n) is 15.8. The maximum Gasteiger partial charge on any atom is 0.534 e. The Morgan fingerprint density at radius 3 is 1.36 bits per heavy atom. The van der Waals surface area contributed by atoms with E-state index in [-0.39, 0.29) is 30.5 Å². The van der Waals surface area contributed by atoms with Crippen LogP contribution in [0.5, 0.6) is 5.75 Å². The first-order valence-corrected chi connectivity index (χ1v) is 53.9. The second-order valence-electron chi connectivity index (χ2n) is 30.1. The highest BCUT2D eigenvalue weighted by molar-refractivity contribution is 7.87. The van der Waals surface area contributed by atoms with E-state index in [0.717, 1.165) is 124 Å². The van der Waals surface area contributed by atoms with Crippen LogP contribution < -0.4 is 20.7 Å². The summed E-state index contributed by atoms with van der Waals surface area (Å²) < 4.78 is 111. The molecule has 0 aliphatic carbocycles. The van der Waals surface area contributed by atoms with Gasteiger partial charge >= 0.3 is 15.6 Å². The number of rotatable bonds is 44. The zero-order chi connectivity index (χ0) is 80.0. The van der Waals surface area contributed by atoms with Gasteiger partial charge in [-0.05, 0) is 218 Å². The standard InChI is InChI=1S/C33H25OP.C29H55F3O6SSi2.C28H54O3Si2/c1-34-30-22-20-24-12-8-10-18-28(24)32(30)33-29-19-11-9-13-25(29)21-23-31(33)35(26-14-4-2-5-15-26)27-16-6-3-7-17-27;1-10-40(11-2,12-3)35-20-16-17-26-22-24(8)28(36-26)19-18-27(38-41(13-4,14-5)15-6)21-23(7)25(9)37-39(33,34)29(30,31)32;1-10-24(8)22-27(31-33(14-5,15-6)16-7)19-20-28-25(9)23-26(30-28)18-17-21-29-32(11-2,12-3)13-4/h2-23H,1H3;23,26-28H,8-22H2,1-7H3;26-28H,1,9,11-23H2,2-8H3/t;23-,26+,27-,28+;26-,27+,28-/m.10/s1.